The van der Waals surface area contributed by atoms with E-state index in [-0.39, 0.29) is 0 Å². The highest BCUT2D eigenvalue weighted by Gasteiger charge is 2.22. The van der Waals surface area contributed by atoms with E-state index in [1.165, 1.54) is 27.8 Å². The van der Waals surface area contributed by atoms with Crippen molar-refractivity contribution in [3.63, 3.8) is 0 Å². The van der Waals surface area contributed by atoms with Crippen LogP contribution in [0.25, 0.3) is 5.57 Å². The van der Waals surface area contributed by atoms with E-state index in [0.29, 0.717) is 0 Å². The van der Waals surface area contributed by atoms with E-state index in [1.54, 1.807) is 5.57 Å². The second-order valence-electron chi connectivity index (χ2n) is 4.98. The number of rotatable bonds is 2. The number of aryl methyl sites for hydroxylation is 1. The minimum Gasteiger partial charge on any atom is -0.0622 e. The van der Waals surface area contributed by atoms with Gasteiger partial charge < -0.3 is 0 Å². The molecule has 0 heterocycles. The number of hydrogen-bond acceptors (Lipinski definition) is 0. The zero-order valence-corrected chi connectivity index (χ0v) is 11.0. The van der Waals surface area contributed by atoms with Gasteiger partial charge in [0.15, 0.2) is 0 Å². The normalized spacial score (nSPS) is 13.9. The molecule has 0 heteroatoms. The van der Waals surface area contributed by atoms with Gasteiger partial charge in [-0.05, 0) is 47.6 Å². The second kappa shape index (κ2) is 4.45. The van der Waals surface area contributed by atoms with Gasteiger partial charge >= 0.3 is 0 Å². The average molecular weight is 234 g/mol. The van der Waals surface area contributed by atoms with Crippen molar-refractivity contribution in [3.8, 4) is 0 Å². The molecule has 0 aromatic heterocycles. The molecule has 2 aromatic rings. The first-order valence-electron chi connectivity index (χ1n) is 6.67. The molecule has 0 nitrogen and oxygen atoms in total. The van der Waals surface area contributed by atoms with Crippen molar-refractivity contribution in [2.24, 2.45) is 0 Å². The molecule has 0 N–H and O–H groups in total. The molecule has 0 fully saturated rings. The first-order chi connectivity index (χ1) is 8.81. The van der Waals surface area contributed by atoms with Gasteiger partial charge in [0.1, 0.15) is 0 Å². The molecule has 0 amide bonds. The molecule has 2 aromatic carbocycles. The largest absolute Gasteiger partial charge is 0.0622 e. The lowest BCUT2D eigenvalue weighted by Gasteiger charge is -2.10. The summed E-state index contributed by atoms with van der Waals surface area (Å²) in [7, 11) is 0. The lowest BCUT2D eigenvalue weighted by atomic mass is 9.94. The van der Waals surface area contributed by atoms with Crippen molar-refractivity contribution in [1.82, 2.24) is 0 Å². The summed E-state index contributed by atoms with van der Waals surface area (Å²) in [4.78, 5) is 0. The Hall–Kier alpha value is -1.82. The van der Waals surface area contributed by atoms with Crippen molar-refractivity contribution in [1.29, 1.82) is 0 Å². The van der Waals surface area contributed by atoms with Crippen LogP contribution in [0, 0.1) is 6.92 Å². The molecular formula is C18H18. The van der Waals surface area contributed by atoms with Crippen LogP contribution in [-0.2, 0) is 6.42 Å². The molecule has 0 radical (unpaired) electrons. The highest BCUT2D eigenvalue weighted by Crippen LogP contribution is 2.40. The highest BCUT2D eigenvalue weighted by molar-refractivity contribution is 5.88. The van der Waals surface area contributed by atoms with Crippen molar-refractivity contribution < 1.29 is 0 Å². The first kappa shape index (κ1) is 11.3. The van der Waals surface area contributed by atoms with E-state index < -0.39 is 0 Å². The predicted octanol–water partition coefficient (Wildman–Crippen LogP) is 4.76. The standard InChI is InChI=1S/C18H18/c1-3-14-12-16-11-7-8-13(2)17(16)18(14)15-9-5-4-6-10-15/h4-11H,3,12H2,1-2H3. The smallest absolute Gasteiger partial charge is 0.00515 e. The molecule has 0 atom stereocenters. The van der Waals surface area contributed by atoms with Gasteiger partial charge in [-0.15, -0.1) is 0 Å². The number of hydrogen-bond donors (Lipinski definition) is 0. The monoisotopic (exact) mass is 234 g/mol. The maximum atomic E-state index is 2.27. The van der Waals surface area contributed by atoms with Gasteiger partial charge in [0.2, 0.25) is 0 Å². The zero-order chi connectivity index (χ0) is 12.5. The van der Waals surface area contributed by atoms with Gasteiger partial charge in [0.05, 0.1) is 0 Å². The summed E-state index contributed by atoms with van der Waals surface area (Å²) in [6, 6.07) is 17.5. The zero-order valence-electron chi connectivity index (χ0n) is 11.0. The van der Waals surface area contributed by atoms with Crippen molar-refractivity contribution in [2.75, 3.05) is 0 Å². The van der Waals surface area contributed by atoms with Crippen molar-refractivity contribution in [3.05, 3.63) is 76.4 Å². The van der Waals surface area contributed by atoms with Crippen LogP contribution in [0.15, 0.2) is 54.1 Å². The van der Waals surface area contributed by atoms with Crippen LogP contribution in [0.1, 0.15) is 35.6 Å². The quantitative estimate of drug-likeness (QED) is 0.702. The van der Waals surface area contributed by atoms with Gasteiger partial charge in [0.25, 0.3) is 0 Å². The van der Waals surface area contributed by atoms with E-state index in [4.69, 9.17) is 0 Å². The Balaban J connectivity index is 2.24. The van der Waals surface area contributed by atoms with Crippen LogP contribution in [0.2, 0.25) is 0 Å². The number of fused-ring (bicyclic) bond motifs is 1. The van der Waals surface area contributed by atoms with Gasteiger partial charge in [-0.2, -0.15) is 0 Å². The summed E-state index contributed by atoms with van der Waals surface area (Å²) in [5.41, 5.74) is 8.78. The van der Waals surface area contributed by atoms with Crippen LogP contribution in [0.4, 0.5) is 0 Å². The van der Waals surface area contributed by atoms with E-state index in [1.807, 2.05) is 0 Å². The maximum Gasteiger partial charge on any atom is -0.00515 e. The number of allylic oxidation sites excluding steroid dienone is 1. The van der Waals surface area contributed by atoms with Gasteiger partial charge in [0, 0.05) is 0 Å². The minimum absolute atomic E-state index is 1.12. The number of benzene rings is 2. The summed E-state index contributed by atoms with van der Waals surface area (Å²) in [6.07, 6.45) is 2.26. The summed E-state index contributed by atoms with van der Waals surface area (Å²) in [5, 5.41) is 0. The Kier molecular flexibility index (Phi) is 2.79. The minimum atomic E-state index is 1.12. The second-order valence-corrected chi connectivity index (χ2v) is 4.98. The van der Waals surface area contributed by atoms with Crippen LogP contribution >= 0.6 is 0 Å². The molecule has 1 aliphatic carbocycles. The topological polar surface area (TPSA) is 0 Å². The molecule has 18 heavy (non-hydrogen) atoms. The molecule has 90 valence electrons. The van der Waals surface area contributed by atoms with Crippen LogP contribution in [0.3, 0.4) is 0 Å². The molecule has 0 spiro atoms. The fourth-order valence-electron chi connectivity index (χ4n) is 2.98. The Labute approximate surface area is 109 Å². The fraction of sp³-hybridized carbons (Fsp3) is 0.222. The van der Waals surface area contributed by atoms with Crippen LogP contribution < -0.4 is 0 Å². The van der Waals surface area contributed by atoms with Crippen molar-refractivity contribution in [2.45, 2.75) is 26.7 Å². The summed E-state index contributed by atoms with van der Waals surface area (Å²) in [5.74, 6) is 0. The summed E-state index contributed by atoms with van der Waals surface area (Å²) >= 11 is 0. The van der Waals surface area contributed by atoms with Gasteiger partial charge in [-0.25, -0.2) is 0 Å². The first-order valence-corrected chi connectivity index (χ1v) is 6.67. The lowest BCUT2D eigenvalue weighted by Crippen LogP contribution is -1.91. The fourth-order valence-corrected chi connectivity index (χ4v) is 2.98. The Bertz CT molecular complexity index is 603. The summed E-state index contributed by atoms with van der Waals surface area (Å²) in [6.45, 7) is 4.49. The van der Waals surface area contributed by atoms with Crippen LogP contribution in [0.5, 0.6) is 0 Å². The average Bonchev–Trinajstić information content (AvgIpc) is 2.79. The maximum absolute atomic E-state index is 2.27. The molecule has 0 saturated heterocycles. The van der Waals surface area contributed by atoms with Gasteiger partial charge in [-0.1, -0.05) is 61.0 Å². The predicted molar refractivity (Wildman–Crippen MR) is 77.6 cm³/mol. The SMILES string of the molecule is CCC1=C(c2ccccc2)c2c(C)cccc2C1. The summed E-state index contributed by atoms with van der Waals surface area (Å²) < 4.78 is 0. The Morgan fingerprint density at radius 2 is 1.72 bits per heavy atom. The third-order valence-electron chi connectivity index (χ3n) is 3.86. The molecule has 1 aliphatic rings. The van der Waals surface area contributed by atoms with Gasteiger partial charge in [-0.3, -0.25) is 0 Å². The molecule has 0 saturated carbocycles. The van der Waals surface area contributed by atoms with E-state index in [2.05, 4.69) is 62.4 Å². The van der Waals surface area contributed by atoms with Crippen molar-refractivity contribution >= 4 is 5.57 Å². The third-order valence-corrected chi connectivity index (χ3v) is 3.86. The van der Waals surface area contributed by atoms with E-state index >= 15 is 0 Å². The van der Waals surface area contributed by atoms with E-state index in [9.17, 15) is 0 Å². The highest BCUT2D eigenvalue weighted by atomic mass is 14.3. The molecule has 0 unspecified atom stereocenters. The van der Waals surface area contributed by atoms with E-state index in [0.717, 1.165) is 12.8 Å². The molecular weight excluding hydrogens is 216 g/mol. The van der Waals surface area contributed by atoms with Crippen LogP contribution in [-0.4, -0.2) is 0 Å². The Morgan fingerprint density at radius 1 is 0.944 bits per heavy atom. The third kappa shape index (κ3) is 1.69. The molecule has 0 aliphatic heterocycles. The Morgan fingerprint density at radius 3 is 2.44 bits per heavy atom. The molecule has 0 bridgehead atoms. The molecule has 3 rings (SSSR count). The lowest BCUT2D eigenvalue weighted by molar-refractivity contribution is 1.03.